The molecule has 6 nitrogen and oxygen atoms in total. The Kier molecular flexibility index (Phi) is 3.61. The van der Waals surface area contributed by atoms with Gasteiger partial charge in [-0.15, -0.1) is 6.20 Å². The lowest BCUT2D eigenvalue weighted by Crippen LogP contribution is -2.39. The minimum atomic E-state index is 0.495. The van der Waals surface area contributed by atoms with Crippen LogP contribution in [0.3, 0.4) is 0 Å². The van der Waals surface area contributed by atoms with Gasteiger partial charge in [-0.25, -0.2) is 0 Å². The lowest BCUT2D eigenvalue weighted by atomic mass is 10.0. The molecule has 4 heterocycles. The third kappa shape index (κ3) is 2.74. The molecule has 4 rings (SSSR count). The summed E-state index contributed by atoms with van der Waals surface area (Å²) in [6.45, 7) is 6.83. The fourth-order valence-electron chi connectivity index (χ4n) is 3.30. The van der Waals surface area contributed by atoms with Crippen LogP contribution in [0.2, 0.25) is 0 Å². The van der Waals surface area contributed by atoms with Crippen LogP contribution in [0.25, 0.3) is 22.2 Å². The van der Waals surface area contributed by atoms with Gasteiger partial charge in [-0.2, -0.15) is 5.10 Å². The Bertz CT molecular complexity index is 794. The van der Waals surface area contributed by atoms with Gasteiger partial charge in [0, 0.05) is 42.7 Å². The second-order valence-electron chi connectivity index (χ2n) is 6.54. The first kappa shape index (κ1) is 14.4. The van der Waals surface area contributed by atoms with Crippen LogP contribution in [0.4, 0.5) is 0 Å². The molecule has 0 amide bonds. The minimum absolute atomic E-state index is 0.495. The van der Waals surface area contributed by atoms with E-state index >= 15 is 0 Å². The number of hydrogen-bond acceptors (Lipinski definition) is 4. The Balaban J connectivity index is 1.52. The first-order chi connectivity index (χ1) is 11.2. The first-order valence-electron chi connectivity index (χ1n) is 8.23. The van der Waals surface area contributed by atoms with Gasteiger partial charge in [0.2, 0.25) is 0 Å². The molecule has 0 spiro atoms. The van der Waals surface area contributed by atoms with Crippen molar-refractivity contribution in [1.29, 1.82) is 0 Å². The summed E-state index contributed by atoms with van der Waals surface area (Å²) in [5.74, 6) is 0. The van der Waals surface area contributed by atoms with Crippen LogP contribution in [0.15, 0.2) is 30.9 Å². The quantitative estimate of drug-likeness (QED) is 0.744. The van der Waals surface area contributed by atoms with Crippen LogP contribution < -0.4 is 5.10 Å². The molecule has 1 aliphatic heterocycles. The van der Waals surface area contributed by atoms with Gasteiger partial charge in [-0.05, 0) is 32.8 Å². The monoisotopic (exact) mass is 309 g/mol. The van der Waals surface area contributed by atoms with Crippen LogP contribution in [0.5, 0.6) is 0 Å². The van der Waals surface area contributed by atoms with E-state index in [0.717, 1.165) is 48.1 Å². The predicted octanol–water partition coefficient (Wildman–Crippen LogP) is 2.50. The van der Waals surface area contributed by atoms with Crippen LogP contribution in [0, 0.1) is 0 Å². The van der Waals surface area contributed by atoms with E-state index in [2.05, 4.69) is 49.9 Å². The molecule has 0 radical (unpaired) electrons. The maximum absolute atomic E-state index is 4.59. The van der Waals surface area contributed by atoms with Gasteiger partial charge in [0.1, 0.15) is 0 Å². The smallest absolute Gasteiger partial charge is 0.0661 e. The van der Waals surface area contributed by atoms with Crippen molar-refractivity contribution in [2.45, 2.75) is 38.8 Å². The molecule has 3 aromatic rings. The minimum Gasteiger partial charge on any atom is -0.579 e. The summed E-state index contributed by atoms with van der Waals surface area (Å²) in [5, 5.41) is 12.6. The summed E-state index contributed by atoms with van der Waals surface area (Å²) in [7, 11) is 0. The Hall–Kier alpha value is -2.21. The number of rotatable bonds is 3. The third-order valence-corrected chi connectivity index (χ3v) is 4.78. The van der Waals surface area contributed by atoms with E-state index in [-0.39, 0.29) is 0 Å². The Morgan fingerprint density at radius 2 is 1.96 bits per heavy atom. The molecule has 0 N–H and O–H groups in total. The standard InChI is InChI=1S/C17H21N6/c1-12(2)22-5-3-15(4-6-22)23-11-14(9-20-23)13-7-16-17(18-8-13)10-19-21-16/h7-12,15H,3-6H2,1-2H3/q-1. The molecule has 1 saturated heterocycles. The molecule has 120 valence electrons. The summed E-state index contributed by atoms with van der Waals surface area (Å²) >= 11 is 0. The molecule has 0 bridgehead atoms. The van der Waals surface area contributed by atoms with Crippen molar-refractivity contribution in [1.82, 2.24) is 29.9 Å². The van der Waals surface area contributed by atoms with Crippen molar-refractivity contribution in [2.75, 3.05) is 13.1 Å². The molecule has 0 unspecified atom stereocenters. The van der Waals surface area contributed by atoms with Gasteiger partial charge in [0.05, 0.1) is 23.3 Å². The zero-order chi connectivity index (χ0) is 15.8. The van der Waals surface area contributed by atoms with Crippen LogP contribution >= 0.6 is 0 Å². The molecule has 6 heteroatoms. The maximum atomic E-state index is 4.59. The summed E-state index contributed by atoms with van der Waals surface area (Å²) < 4.78 is 2.12. The molecule has 0 aromatic carbocycles. The maximum Gasteiger partial charge on any atom is 0.0661 e. The normalized spacial score (nSPS) is 17.3. The summed E-state index contributed by atoms with van der Waals surface area (Å²) in [6, 6.07) is 3.15. The van der Waals surface area contributed by atoms with Crippen molar-refractivity contribution in [2.24, 2.45) is 0 Å². The van der Waals surface area contributed by atoms with E-state index < -0.39 is 0 Å². The van der Waals surface area contributed by atoms with Crippen molar-refractivity contribution in [3.05, 3.63) is 30.9 Å². The van der Waals surface area contributed by atoms with E-state index in [1.54, 1.807) is 6.20 Å². The van der Waals surface area contributed by atoms with Crippen LogP contribution in [-0.2, 0) is 0 Å². The van der Waals surface area contributed by atoms with E-state index in [1.807, 2.05) is 18.5 Å². The number of piperidine rings is 1. The Labute approximate surface area is 135 Å². The highest BCUT2D eigenvalue weighted by atomic mass is 15.3. The fourth-order valence-corrected chi connectivity index (χ4v) is 3.30. The molecule has 0 atom stereocenters. The molecule has 23 heavy (non-hydrogen) atoms. The van der Waals surface area contributed by atoms with E-state index in [9.17, 15) is 0 Å². The van der Waals surface area contributed by atoms with Gasteiger partial charge in [0.15, 0.2) is 0 Å². The predicted molar refractivity (Wildman–Crippen MR) is 89.1 cm³/mol. The SMILES string of the molecule is CC(C)N1CCC(n2cc(-c3cnc4c[n-]nc4c3)cn2)CC1. The number of hydrogen-bond donors (Lipinski definition) is 0. The van der Waals surface area contributed by atoms with E-state index in [0.29, 0.717) is 12.1 Å². The van der Waals surface area contributed by atoms with Gasteiger partial charge < -0.3 is 15.1 Å². The highest BCUT2D eigenvalue weighted by molar-refractivity contribution is 5.79. The third-order valence-electron chi connectivity index (χ3n) is 4.78. The second-order valence-corrected chi connectivity index (χ2v) is 6.54. The van der Waals surface area contributed by atoms with E-state index in [1.165, 1.54) is 0 Å². The van der Waals surface area contributed by atoms with E-state index in [4.69, 9.17) is 0 Å². The lowest BCUT2D eigenvalue weighted by Gasteiger charge is -2.34. The molecule has 0 aliphatic carbocycles. The number of aromatic nitrogens is 5. The van der Waals surface area contributed by atoms with Gasteiger partial charge in [-0.3, -0.25) is 9.67 Å². The van der Waals surface area contributed by atoms with Crippen molar-refractivity contribution < 1.29 is 0 Å². The summed E-state index contributed by atoms with van der Waals surface area (Å²) in [5.41, 5.74) is 3.81. The molecular formula is C17H21N6-. The summed E-state index contributed by atoms with van der Waals surface area (Å²) in [4.78, 5) is 6.93. The largest absolute Gasteiger partial charge is 0.579 e. The zero-order valence-electron chi connectivity index (χ0n) is 13.6. The fraction of sp³-hybridized carbons (Fsp3) is 0.471. The number of pyridine rings is 1. The zero-order valence-corrected chi connectivity index (χ0v) is 13.6. The van der Waals surface area contributed by atoms with Crippen LogP contribution in [-0.4, -0.2) is 43.9 Å². The number of fused-ring (bicyclic) bond motifs is 1. The lowest BCUT2D eigenvalue weighted by molar-refractivity contribution is 0.147. The number of nitrogens with zero attached hydrogens (tertiary/aromatic N) is 6. The van der Waals surface area contributed by atoms with Crippen molar-refractivity contribution >= 4 is 11.0 Å². The molecule has 0 saturated carbocycles. The van der Waals surface area contributed by atoms with Crippen LogP contribution in [0.1, 0.15) is 32.7 Å². The molecule has 1 aliphatic rings. The number of likely N-dealkylation sites (tertiary alicyclic amines) is 1. The Morgan fingerprint density at radius 1 is 1.13 bits per heavy atom. The first-order valence-corrected chi connectivity index (χ1v) is 8.23. The van der Waals surface area contributed by atoms with Crippen molar-refractivity contribution in [3.63, 3.8) is 0 Å². The summed E-state index contributed by atoms with van der Waals surface area (Å²) in [6.07, 6.45) is 9.93. The average Bonchev–Trinajstić information content (AvgIpc) is 3.23. The van der Waals surface area contributed by atoms with Crippen molar-refractivity contribution in [3.8, 4) is 11.1 Å². The van der Waals surface area contributed by atoms with Gasteiger partial charge >= 0.3 is 0 Å². The van der Waals surface area contributed by atoms with Gasteiger partial charge in [-0.1, -0.05) is 0 Å². The average molecular weight is 309 g/mol. The second kappa shape index (κ2) is 5.77. The topological polar surface area (TPSA) is 60.9 Å². The highest BCUT2D eigenvalue weighted by Gasteiger charge is 2.22. The highest BCUT2D eigenvalue weighted by Crippen LogP contribution is 2.26. The Morgan fingerprint density at radius 3 is 2.74 bits per heavy atom. The molecule has 1 fully saturated rings. The van der Waals surface area contributed by atoms with Gasteiger partial charge in [0.25, 0.3) is 0 Å². The molecule has 3 aromatic heterocycles. The molecular weight excluding hydrogens is 288 g/mol.